The molecule has 0 aliphatic carbocycles. The number of nitrogens with zero attached hydrogens (tertiary/aromatic N) is 1. The van der Waals surface area contributed by atoms with Crippen LogP contribution in [0.1, 0.15) is 16.8 Å². The van der Waals surface area contributed by atoms with Crippen LogP contribution in [0, 0.1) is 5.92 Å². The molecule has 1 aromatic rings. The van der Waals surface area contributed by atoms with Gasteiger partial charge in [0.25, 0.3) is 0 Å². The van der Waals surface area contributed by atoms with E-state index >= 15 is 0 Å². The van der Waals surface area contributed by atoms with Crippen LogP contribution in [0.15, 0.2) is 18.2 Å². The lowest BCUT2D eigenvalue weighted by atomic mass is 10.1. The second kappa shape index (κ2) is 4.60. The van der Waals surface area contributed by atoms with Crippen molar-refractivity contribution < 1.29 is 29.7 Å². The molecule has 1 saturated heterocycles. The first-order valence-corrected chi connectivity index (χ1v) is 5.49. The highest BCUT2D eigenvalue weighted by molar-refractivity contribution is 6.00. The fraction of sp³-hybridized carbons (Fsp3) is 0.250. The summed E-state index contributed by atoms with van der Waals surface area (Å²) in [5, 5.41) is 27.2. The number of carbonyl (C=O) groups excluding carboxylic acids is 1. The van der Waals surface area contributed by atoms with Gasteiger partial charge >= 0.3 is 11.9 Å². The predicted octanol–water partition coefficient (Wildman–Crippen LogP) is 0.528. The third-order valence-electron chi connectivity index (χ3n) is 3.00. The van der Waals surface area contributed by atoms with Crippen molar-refractivity contribution in [1.82, 2.24) is 0 Å². The Morgan fingerprint density at radius 3 is 2.42 bits per heavy atom. The molecule has 0 spiro atoms. The lowest BCUT2D eigenvalue weighted by Crippen LogP contribution is -2.25. The SMILES string of the molecule is O=C(O)c1ccc(N2C[C@H](C(=O)O)CC2=O)cc1O. The number of carboxylic acid groups (broad SMARTS) is 2. The molecule has 1 fully saturated rings. The normalized spacial score (nSPS) is 18.6. The lowest BCUT2D eigenvalue weighted by Gasteiger charge is -2.16. The molecule has 1 aliphatic heterocycles. The summed E-state index contributed by atoms with van der Waals surface area (Å²) >= 11 is 0. The molecule has 0 saturated carbocycles. The maximum atomic E-state index is 11.7. The zero-order valence-corrected chi connectivity index (χ0v) is 9.74. The number of carboxylic acids is 2. The van der Waals surface area contributed by atoms with Crippen LogP contribution in [0.3, 0.4) is 0 Å². The Kier molecular flexibility index (Phi) is 3.12. The molecule has 1 amide bonds. The van der Waals surface area contributed by atoms with Gasteiger partial charge in [-0.05, 0) is 12.1 Å². The minimum Gasteiger partial charge on any atom is -0.507 e. The molecule has 0 aromatic heterocycles. The maximum absolute atomic E-state index is 11.7. The van der Waals surface area contributed by atoms with Crippen LogP contribution < -0.4 is 4.90 Å². The Balaban J connectivity index is 2.28. The number of anilines is 1. The molecule has 19 heavy (non-hydrogen) atoms. The number of carbonyl (C=O) groups is 3. The molecular formula is C12H11NO6. The van der Waals surface area contributed by atoms with E-state index < -0.39 is 23.6 Å². The van der Waals surface area contributed by atoms with E-state index in [-0.39, 0.29) is 30.1 Å². The molecule has 0 bridgehead atoms. The number of hydrogen-bond donors (Lipinski definition) is 3. The van der Waals surface area contributed by atoms with Crippen LogP contribution in [0.5, 0.6) is 5.75 Å². The quantitative estimate of drug-likeness (QED) is 0.734. The van der Waals surface area contributed by atoms with Crippen LogP contribution in [0.25, 0.3) is 0 Å². The topological polar surface area (TPSA) is 115 Å². The summed E-state index contributed by atoms with van der Waals surface area (Å²) in [6.45, 7) is 0.0139. The molecule has 2 rings (SSSR count). The van der Waals surface area contributed by atoms with Gasteiger partial charge in [-0.15, -0.1) is 0 Å². The summed E-state index contributed by atoms with van der Waals surface area (Å²) in [6.07, 6.45) is -0.100. The van der Waals surface area contributed by atoms with Gasteiger partial charge in [-0.25, -0.2) is 4.79 Å². The highest BCUT2D eigenvalue weighted by Crippen LogP contribution is 2.29. The monoisotopic (exact) mass is 265 g/mol. The van der Waals surface area contributed by atoms with Crippen LogP contribution in [-0.4, -0.2) is 39.7 Å². The fourth-order valence-electron chi connectivity index (χ4n) is 1.99. The highest BCUT2D eigenvalue weighted by atomic mass is 16.4. The number of amides is 1. The van der Waals surface area contributed by atoms with E-state index in [1.165, 1.54) is 17.0 Å². The largest absolute Gasteiger partial charge is 0.507 e. The van der Waals surface area contributed by atoms with Gasteiger partial charge in [-0.1, -0.05) is 0 Å². The van der Waals surface area contributed by atoms with Gasteiger partial charge in [0.15, 0.2) is 0 Å². The first kappa shape index (κ1) is 12.9. The molecule has 1 aromatic carbocycles. The van der Waals surface area contributed by atoms with Gasteiger partial charge < -0.3 is 20.2 Å². The number of phenols is 1. The van der Waals surface area contributed by atoms with E-state index in [4.69, 9.17) is 10.2 Å². The first-order valence-electron chi connectivity index (χ1n) is 5.49. The first-order chi connectivity index (χ1) is 8.90. The Hall–Kier alpha value is -2.57. The van der Waals surface area contributed by atoms with Crippen molar-refractivity contribution in [3.05, 3.63) is 23.8 Å². The van der Waals surface area contributed by atoms with Gasteiger partial charge in [0, 0.05) is 24.7 Å². The summed E-state index contributed by atoms with van der Waals surface area (Å²) in [5.74, 6) is -3.94. The summed E-state index contributed by atoms with van der Waals surface area (Å²) in [7, 11) is 0. The molecule has 0 radical (unpaired) electrons. The van der Waals surface area contributed by atoms with Gasteiger partial charge in [0.1, 0.15) is 11.3 Å². The van der Waals surface area contributed by atoms with E-state index in [9.17, 15) is 19.5 Å². The van der Waals surface area contributed by atoms with Crippen molar-refractivity contribution in [2.75, 3.05) is 11.4 Å². The number of aromatic hydroxyl groups is 1. The molecule has 3 N–H and O–H groups in total. The average molecular weight is 265 g/mol. The molecule has 1 aliphatic rings. The second-order valence-electron chi connectivity index (χ2n) is 4.25. The van der Waals surface area contributed by atoms with Crippen molar-refractivity contribution in [3.8, 4) is 5.75 Å². The van der Waals surface area contributed by atoms with Gasteiger partial charge in [0.05, 0.1) is 5.92 Å². The fourth-order valence-corrected chi connectivity index (χ4v) is 1.99. The molecular weight excluding hydrogens is 254 g/mol. The number of aliphatic carboxylic acids is 1. The van der Waals surface area contributed by atoms with Gasteiger partial charge in [-0.2, -0.15) is 0 Å². The zero-order chi connectivity index (χ0) is 14.2. The number of rotatable bonds is 3. The summed E-state index contributed by atoms with van der Waals surface area (Å²) in [4.78, 5) is 34.5. The van der Waals surface area contributed by atoms with E-state index in [2.05, 4.69) is 0 Å². The number of hydrogen-bond acceptors (Lipinski definition) is 4. The molecule has 1 heterocycles. The molecule has 0 unspecified atom stereocenters. The van der Waals surface area contributed by atoms with Crippen molar-refractivity contribution in [2.45, 2.75) is 6.42 Å². The number of aromatic carboxylic acids is 1. The number of benzene rings is 1. The third kappa shape index (κ3) is 2.35. The smallest absolute Gasteiger partial charge is 0.339 e. The molecule has 7 nitrogen and oxygen atoms in total. The summed E-state index contributed by atoms with van der Waals surface area (Å²) in [6, 6.07) is 3.69. The minimum atomic E-state index is -1.28. The Labute approximate surface area is 107 Å². The third-order valence-corrected chi connectivity index (χ3v) is 3.00. The van der Waals surface area contributed by atoms with Gasteiger partial charge in [-0.3, -0.25) is 9.59 Å². The molecule has 1 atom stereocenters. The van der Waals surface area contributed by atoms with E-state index in [1.807, 2.05) is 0 Å². The van der Waals surface area contributed by atoms with Crippen LogP contribution >= 0.6 is 0 Å². The predicted molar refractivity (Wildman–Crippen MR) is 63.2 cm³/mol. The van der Waals surface area contributed by atoms with Crippen molar-refractivity contribution in [1.29, 1.82) is 0 Å². The molecule has 100 valence electrons. The minimum absolute atomic E-state index is 0.0139. The Morgan fingerprint density at radius 1 is 1.26 bits per heavy atom. The van der Waals surface area contributed by atoms with Crippen LogP contribution in [0.4, 0.5) is 5.69 Å². The van der Waals surface area contributed by atoms with Gasteiger partial charge in [0.2, 0.25) is 5.91 Å². The Morgan fingerprint density at radius 2 is 1.95 bits per heavy atom. The van der Waals surface area contributed by atoms with E-state index in [0.717, 1.165) is 6.07 Å². The van der Waals surface area contributed by atoms with E-state index in [0.29, 0.717) is 0 Å². The summed E-state index contributed by atoms with van der Waals surface area (Å²) < 4.78 is 0. The Bertz CT molecular complexity index is 567. The lowest BCUT2D eigenvalue weighted by molar-refractivity contribution is -0.141. The molecule has 7 heteroatoms. The standard InChI is InChI=1S/C12H11NO6/c14-9-4-7(1-2-8(9)12(18)19)13-5-6(11(16)17)3-10(13)15/h1-2,4,6,14H,3,5H2,(H,16,17)(H,18,19)/t6-/m1/s1. The average Bonchev–Trinajstić information content (AvgIpc) is 2.71. The van der Waals surface area contributed by atoms with Crippen molar-refractivity contribution >= 4 is 23.5 Å². The maximum Gasteiger partial charge on any atom is 0.339 e. The second-order valence-corrected chi connectivity index (χ2v) is 4.25. The van der Waals surface area contributed by atoms with E-state index in [1.54, 1.807) is 0 Å². The highest BCUT2D eigenvalue weighted by Gasteiger charge is 2.35. The van der Waals surface area contributed by atoms with Crippen LogP contribution in [0.2, 0.25) is 0 Å². The van der Waals surface area contributed by atoms with Crippen LogP contribution in [-0.2, 0) is 9.59 Å². The van der Waals surface area contributed by atoms with Crippen molar-refractivity contribution in [3.63, 3.8) is 0 Å². The zero-order valence-electron chi connectivity index (χ0n) is 9.74. The summed E-state index contributed by atoms with van der Waals surface area (Å²) in [5.41, 5.74) is 0.0152. The van der Waals surface area contributed by atoms with Crippen molar-refractivity contribution in [2.24, 2.45) is 5.92 Å².